The third-order valence-electron chi connectivity index (χ3n) is 3.91. The van der Waals surface area contributed by atoms with Crippen molar-refractivity contribution in [2.45, 2.75) is 13.0 Å². The molecular weight excluding hydrogens is 349 g/mol. The molecule has 3 rings (SSSR count). The van der Waals surface area contributed by atoms with Gasteiger partial charge in [-0.3, -0.25) is 4.79 Å². The number of nitrogens with one attached hydrogen (secondary N) is 1. The van der Waals surface area contributed by atoms with Gasteiger partial charge in [-0.15, -0.1) is 11.3 Å². The molecule has 0 aliphatic heterocycles. The maximum Gasteiger partial charge on any atom is 0.226 e. The summed E-state index contributed by atoms with van der Waals surface area (Å²) < 4.78 is 13.3. The summed E-state index contributed by atoms with van der Waals surface area (Å²) in [6.45, 7) is 0.480. The Morgan fingerprint density at radius 2 is 1.96 bits per heavy atom. The van der Waals surface area contributed by atoms with Crippen LogP contribution in [0.5, 0.6) is 0 Å². The van der Waals surface area contributed by atoms with E-state index in [1.54, 1.807) is 6.07 Å². The standard InChI is InChI=1S/C20H20FN3OS/c1-24(2)18-8-6-14(7-9-18)12-22-19(25)11-17-13-26-20(23-17)15-4-3-5-16(21)10-15/h3-10,13H,11-12H2,1-2H3,(H,22,25). The molecule has 0 bridgehead atoms. The predicted octanol–water partition coefficient (Wildman–Crippen LogP) is 3.87. The first-order valence-corrected chi connectivity index (χ1v) is 9.12. The predicted molar refractivity (Wildman–Crippen MR) is 104 cm³/mol. The number of benzene rings is 2. The summed E-state index contributed by atoms with van der Waals surface area (Å²) in [4.78, 5) is 18.6. The van der Waals surface area contributed by atoms with Gasteiger partial charge < -0.3 is 10.2 Å². The highest BCUT2D eigenvalue weighted by Gasteiger charge is 2.09. The number of amides is 1. The summed E-state index contributed by atoms with van der Waals surface area (Å²) in [5, 5.41) is 5.46. The zero-order valence-corrected chi connectivity index (χ0v) is 15.5. The van der Waals surface area contributed by atoms with Crippen LogP contribution in [0.1, 0.15) is 11.3 Å². The number of hydrogen-bond donors (Lipinski definition) is 1. The fraction of sp³-hybridized carbons (Fsp3) is 0.200. The molecule has 0 saturated carbocycles. The summed E-state index contributed by atoms with van der Waals surface area (Å²) in [5.74, 6) is -0.380. The molecule has 1 amide bonds. The zero-order valence-electron chi connectivity index (χ0n) is 14.7. The number of anilines is 1. The fourth-order valence-corrected chi connectivity index (χ4v) is 3.30. The highest BCUT2D eigenvalue weighted by Crippen LogP contribution is 2.24. The van der Waals surface area contributed by atoms with E-state index >= 15 is 0 Å². The third kappa shape index (κ3) is 4.67. The first-order chi connectivity index (χ1) is 12.5. The van der Waals surface area contributed by atoms with Crippen molar-refractivity contribution >= 4 is 22.9 Å². The van der Waals surface area contributed by atoms with Gasteiger partial charge in [-0.05, 0) is 29.8 Å². The minimum Gasteiger partial charge on any atom is -0.378 e. The van der Waals surface area contributed by atoms with Crippen LogP contribution >= 0.6 is 11.3 Å². The van der Waals surface area contributed by atoms with E-state index in [1.807, 2.05) is 54.7 Å². The third-order valence-corrected chi connectivity index (χ3v) is 4.85. The number of thiazole rings is 1. The van der Waals surface area contributed by atoms with Crippen LogP contribution in [0.25, 0.3) is 10.6 Å². The molecule has 0 atom stereocenters. The average molecular weight is 369 g/mol. The lowest BCUT2D eigenvalue weighted by Gasteiger charge is -2.12. The maximum atomic E-state index is 13.3. The molecule has 0 unspecified atom stereocenters. The smallest absolute Gasteiger partial charge is 0.226 e. The number of carbonyl (C=O) groups is 1. The molecule has 2 aromatic carbocycles. The molecular formula is C20H20FN3OS. The van der Waals surface area contributed by atoms with Gasteiger partial charge in [-0.2, -0.15) is 0 Å². The van der Waals surface area contributed by atoms with E-state index in [-0.39, 0.29) is 18.1 Å². The van der Waals surface area contributed by atoms with E-state index in [2.05, 4.69) is 10.3 Å². The molecule has 26 heavy (non-hydrogen) atoms. The Kier molecular flexibility index (Phi) is 5.63. The second-order valence-electron chi connectivity index (χ2n) is 6.17. The van der Waals surface area contributed by atoms with Gasteiger partial charge in [0.05, 0.1) is 12.1 Å². The Morgan fingerprint density at radius 3 is 2.65 bits per heavy atom. The SMILES string of the molecule is CN(C)c1ccc(CNC(=O)Cc2csc(-c3cccc(F)c3)n2)cc1. The fourth-order valence-electron chi connectivity index (χ4n) is 2.48. The van der Waals surface area contributed by atoms with Crippen LogP contribution in [0, 0.1) is 5.82 Å². The van der Waals surface area contributed by atoms with E-state index < -0.39 is 0 Å². The van der Waals surface area contributed by atoms with E-state index in [4.69, 9.17) is 0 Å². The first-order valence-electron chi connectivity index (χ1n) is 8.24. The van der Waals surface area contributed by atoms with Gasteiger partial charge in [-0.25, -0.2) is 9.37 Å². The van der Waals surface area contributed by atoms with Crippen LogP contribution in [0.15, 0.2) is 53.9 Å². The topological polar surface area (TPSA) is 45.2 Å². The van der Waals surface area contributed by atoms with Crippen LogP contribution < -0.4 is 10.2 Å². The largest absolute Gasteiger partial charge is 0.378 e. The zero-order chi connectivity index (χ0) is 18.5. The van der Waals surface area contributed by atoms with Crippen molar-refractivity contribution in [1.82, 2.24) is 10.3 Å². The second kappa shape index (κ2) is 8.10. The molecule has 6 heteroatoms. The van der Waals surface area contributed by atoms with E-state index in [0.29, 0.717) is 17.2 Å². The Labute approximate surface area is 156 Å². The normalized spacial score (nSPS) is 10.6. The van der Waals surface area contributed by atoms with Crippen molar-refractivity contribution in [3.05, 3.63) is 71.0 Å². The molecule has 1 heterocycles. The Hall–Kier alpha value is -2.73. The molecule has 0 fully saturated rings. The molecule has 134 valence electrons. The molecule has 0 spiro atoms. The Balaban J connectivity index is 1.55. The van der Waals surface area contributed by atoms with Crippen molar-refractivity contribution < 1.29 is 9.18 Å². The summed E-state index contributed by atoms with van der Waals surface area (Å²) in [7, 11) is 3.98. The van der Waals surface area contributed by atoms with Gasteiger partial charge >= 0.3 is 0 Å². The Morgan fingerprint density at radius 1 is 1.19 bits per heavy atom. The van der Waals surface area contributed by atoms with Crippen molar-refractivity contribution in [1.29, 1.82) is 0 Å². The van der Waals surface area contributed by atoms with Crippen LogP contribution in [-0.4, -0.2) is 25.0 Å². The molecule has 1 N–H and O–H groups in total. The van der Waals surface area contributed by atoms with Crippen LogP contribution in [0.3, 0.4) is 0 Å². The summed E-state index contributed by atoms with van der Waals surface area (Å²) in [6.07, 6.45) is 0.210. The molecule has 4 nitrogen and oxygen atoms in total. The van der Waals surface area contributed by atoms with Crippen molar-refractivity contribution in [2.75, 3.05) is 19.0 Å². The molecule has 0 saturated heterocycles. The lowest BCUT2D eigenvalue weighted by Crippen LogP contribution is -2.24. The second-order valence-corrected chi connectivity index (χ2v) is 7.03. The quantitative estimate of drug-likeness (QED) is 0.717. The summed E-state index contributed by atoms with van der Waals surface area (Å²) in [6, 6.07) is 14.3. The molecule has 0 aliphatic carbocycles. The number of aromatic nitrogens is 1. The van der Waals surface area contributed by atoms with E-state index in [0.717, 1.165) is 16.8 Å². The highest BCUT2D eigenvalue weighted by molar-refractivity contribution is 7.13. The first kappa shape index (κ1) is 18.1. The minimum absolute atomic E-state index is 0.0854. The van der Waals surface area contributed by atoms with Gasteiger partial charge in [0.15, 0.2) is 0 Å². The lowest BCUT2D eigenvalue weighted by atomic mass is 10.2. The number of hydrogen-bond acceptors (Lipinski definition) is 4. The van der Waals surface area contributed by atoms with Crippen molar-refractivity contribution in [3.63, 3.8) is 0 Å². The van der Waals surface area contributed by atoms with Crippen LogP contribution in [-0.2, 0) is 17.8 Å². The maximum absolute atomic E-state index is 13.3. The minimum atomic E-state index is -0.294. The average Bonchev–Trinajstić information content (AvgIpc) is 3.09. The van der Waals surface area contributed by atoms with Gasteiger partial charge in [0, 0.05) is 37.3 Å². The van der Waals surface area contributed by atoms with Gasteiger partial charge in [0.1, 0.15) is 10.8 Å². The van der Waals surface area contributed by atoms with Gasteiger partial charge in [0.25, 0.3) is 0 Å². The summed E-state index contributed by atoms with van der Waals surface area (Å²) in [5.41, 5.74) is 3.58. The number of nitrogens with zero attached hydrogens (tertiary/aromatic N) is 2. The van der Waals surface area contributed by atoms with Crippen molar-refractivity contribution in [2.24, 2.45) is 0 Å². The van der Waals surface area contributed by atoms with Crippen LogP contribution in [0.2, 0.25) is 0 Å². The number of carbonyl (C=O) groups excluding carboxylic acids is 1. The molecule has 1 aromatic heterocycles. The molecule has 0 radical (unpaired) electrons. The highest BCUT2D eigenvalue weighted by atomic mass is 32.1. The van der Waals surface area contributed by atoms with Crippen molar-refractivity contribution in [3.8, 4) is 10.6 Å². The monoisotopic (exact) mass is 369 g/mol. The van der Waals surface area contributed by atoms with E-state index in [9.17, 15) is 9.18 Å². The van der Waals surface area contributed by atoms with Gasteiger partial charge in [-0.1, -0.05) is 24.3 Å². The lowest BCUT2D eigenvalue weighted by molar-refractivity contribution is -0.120. The molecule has 0 aliphatic rings. The summed E-state index contributed by atoms with van der Waals surface area (Å²) >= 11 is 1.41. The van der Waals surface area contributed by atoms with E-state index in [1.165, 1.54) is 23.5 Å². The molecule has 3 aromatic rings. The Bertz CT molecular complexity index is 890. The number of rotatable bonds is 6. The van der Waals surface area contributed by atoms with Gasteiger partial charge in [0.2, 0.25) is 5.91 Å². The van der Waals surface area contributed by atoms with Crippen LogP contribution in [0.4, 0.5) is 10.1 Å². The number of halogens is 1.